The Morgan fingerprint density at radius 1 is 1.25 bits per heavy atom. The minimum absolute atomic E-state index is 0.290. The predicted molar refractivity (Wildman–Crippen MR) is 64.9 cm³/mol. The van der Waals surface area contributed by atoms with E-state index in [-0.39, 0.29) is 0 Å². The fraction of sp³-hybridized carbons (Fsp3) is 0.833. The summed E-state index contributed by atoms with van der Waals surface area (Å²) in [5.41, 5.74) is -0.741. The number of esters is 1. The highest BCUT2D eigenvalue weighted by molar-refractivity contribution is 5.84. The van der Waals surface area contributed by atoms with Gasteiger partial charge in [-0.3, -0.25) is 9.59 Å². The summed E-state index contributed by atoms with van der Waals surface area (Å²) >= 11 is 0. The molecule has 0 aromatic heterocycles. The summed E-state index contributed by atoms with van der Waals surface area (Å²) in [7, 11) is 0. The largest absolute Gasteiger partial charge is 0.471 e. The van der Waals surface area contributed by atoms with Crippen molar-refractivity contribution in [2.75, 3.05) is 6.54 Å². The van der Waals surface area contributed by atoms with E-state index in [9.17, 15) is 22.8 Å². The van der Waals surface area contributed by atoms with E-state index in [1.807, 2.05) is 5.32 Å². The number of piperidine rings is 1. The molecule has 1 aliphatic heterocycles. The number of alkyl halides is 3. The van der Waals surface area contributed by atoms with Gasteiger partial charge < -0.3 is 15.4 Å². The first kappa shape index (κ1) is 16.7. The summed E-state index contributed by atoms with van der Waals surface area (Å²) in [6.07, 6.45) is -4.10. The molecule has 1 rings (SSSR count). The Bertz CT molecular complexity index is 377. The second-order valence-corrected chi connectivity index (χ2v) is 5.69. The van der Waals surface area contributed by atoms with E-state index < -0.39 is 35.7 Å². The van der Waals surface area contributed by atoms with Gasteiger partial charge in [0.15, 0.2) is 0 Å². The molecule has 2 N–H and O–H groups in total. The Morgan fingerprint density at radius 2 is 1.85 bits per heavy atom. The van der Waals surface area contributed by atoms with Crippen molar-refractivity contribution in [2.24, 2.45) is 0 Å². The summed E-state index contributed by atoms with van der Waals surface area (Å²) in [6.45, 7) is 5.48. The molecule has 20 heavy (non-hydrogen) atoms. The second kappa shape index (κ2) is 5.99. The number of carbonyl (C=O) groups excluding carboxylic acids is 2. The molecule has 2 atom stereocenters. The van der Waals surface area contributed by atoms with Crippen LogP contribution in [0.15, 0.2) is 0 Å². The summed E-state index contributed by atoms with van der Waals surface area (Å²) in [5, 5.41) is 4.64. The Hall–Kier alpha value is -1.31. The van der Waals surface area contributed by atoms with Crippen LogP contribution in [0.1, 0.15) is 33.6 Å². The van der Waals surface area contributed by atoms with Crippen LogP contribution < -0.4 is 10.6 Å². The lowest BCUT2D eigenvalue weighted by molar-refractivity contribution is -0.175. The monoisotopic (exact) mass is 296 g/mol. The van der Waals surface area contributed by atoms with Crippen LogP contribution >= 0.6 is 0 Å². The highest BCUT2D eigenvalue weighted by Gasteiger charge is 2.43. The molecule has 0 aliphatic carbocycles. The molecule has 0 unspecified atom stereocenters. The molecule has 0 saturated carbocycles. The van der Waals surface area contributed by atoms with E-state index in [0.29, 0.717) is 19.4 Å². The number of nitrogens with one attached hydrogen (secondary N) is 2. The molecule has 0 aromatic carbocycles. The molecule has 0 aromatic rings. The minimum Gasteiger partial charge on any atom is -0.459 e. The topological polar surface area (TPSA) is 67.4 Å². The van der Waals surface area contributed by atoms with Gasteiger partial charge in [-0.05, 0) is 40.2 Å². The number of hydrogen-bond donors (Lipinski definition) is 2. The normalized spacial score (nSPS) is 24.1. The molecule has 1 fully saturated rings. The van der Waals surface area contributed by atoms with E-state index in [1.54, 1.807) is 20.8 Å². The lowest BCUT2D eigenvalue weighted by atomic mass is 9.98. The van der Waals surface area contributed by atoms with Crippen LogP contribution in [0.4, 0.5) is 13.2 Å². The number of hydrogen-bond acceptors (Lipinski definition) is 4. The standard InChI is InChI=1S/C12H19F3N2O3/c1-11(2,3)20-9(18)8-7(5-4-6-16-8)17-10(19)12(13,14)15/h7-8,16H,4-6H2,1-3H3,(H,17,19)/t7-,8-/m1/s1. The second-order valence-electron chi connectivity index (χ2n) is 5.69. The van der Waals surface area contributed by atoms with Crippen LogP contribution in [0, 0.1) is 0 Å². The average molecular weight is 296 g/mol. The Kier molecular flexibility index (Phi) is 5.01. The third kappa shape index (κ3) is 4.99. The average Bonchev–Trinajstić information content (AvgIpc) is 2.25. The maximum Gasteiger partial charge on any atom is 0.471 e. The predicted octanol–water partition coefficient (Wildman–Crippen LogP) is 1.13. The summed E-state index contributed by atoms with van der Waals surface area (Å²) in [5.74, 6) is -2.70. The van der Waals surface area contributed by atoms with Crippen LogP contribution in [0.5, 0.6) is 0 Å². The molecule has 1 heterocycles. The van der Waals surface area contributed by atoms with Crippen LogP contribution in [0.25, 0.3) is 0 Å². The summed E-state index contributed by atoms with van der Waals surface area (Å²) < 4.78 is 41.9. The van der Waals surface area contributed by atoms with Crippen molar-refractivity contribution in [3.05, 3.63) is 0 Å². The lowest BCUT2D eigenvalue weighted by Crippen LogP contribution is -2.59. The van der Waals surface area contributed by atoms with Gasteiger partial charge in [0.05, 0.1) is 6.04 Å². The zero-order valence-electron chi connectivity index (χ0n) is 11.6. The van der Waals surface area contributed by atoms with Gasteiger partial charge in [0.25, 0.3) is 0 Å². The third-order valence-electron chi connectivity index (χ3n) is 2.69. The van der Waals surface area contributed by atoms with Crippen molar-refractivity contribution in [1.29, 1.82) is 0 Å². The van der Waals surface area contributed by atoms with E-state index in [2.05, 4.69) is 5.32 Å². The molecule has 116 valence electrons. The molecule has 8 heteroatoms. The van der Waals surface area contributed by atoms with Crippen LogP contribution in [-0.2, 0) is 14.3 Å². The van der Waals surface area contributed by atoms with Crippen LogP contribution in [0.3, 0.4) is 0 Å². The highest BCUT2D eigenvalue weighted by atomic mass is 19.4. The maximum absolute atomic E-state index is 12.3. The van der Waals surface area contributed by atoms with E-state index in [0.717, 1.165) is 0 Å². The quantitative estimate of drug-likeness (QED) is 0.750. The van der Waals surface area contributed by atoms with Gasteiger partial charge in [-0.2, -0.15) is 13.2 Å². The molecule has 0 spiro atoms. The van der Waals surface area contributed by atoms with Gasteiger partial charge in [0.2, 0.25) is 0 Å². The third-order valence-corrected chi connectivity index (χ3v) is 2.69. The lowest BCUT2D eigenvalue weighted by Gasteiger charge is -2.33. The molecule has 1 aliphatic rings. The SMILES string of the molecule is CC(C)(C)OC(=O)[C@@H]1NCCC[C@H]1NC(=O)C(F)(F)F. The van der Waals surface area contributed by atoms with Gasteiger partial charge >= 0.3 is 18.1 Å². The molecular formula is C12H19F3N2O3. The molecular weight excluding hydrogens is 277 g/mol. The fourth-order valence-electron chi connectivity index (χ4n) is 1.91. The molecule has 0 bridgehead atoms. The molecule has 1 saturated heterocycles. The first-order chi connectivity index (χ1) is 9.00. The zero-order chi connectivity index (χ0) is 15.6. The first-order valence-electron chi connectivity index (χ1n) is 6.34. The Balaban J connectivity index is 2.72. The van der Waals surface area contributed by atoms with Crippen LogP contribution in [0.2, 0.25) is 0 Å². The maximum atomic E-state index is 12.3. The Morgan fingerprint density at radius 3 is 2.35 bits per heavy atom. The minimum atomic E-state index is -4.96. The highest BCUT2D eigenvalue weighted by Crippen LogP contribution is 2.18. The summed E-state index contributed by atoms with van der Waals surface area (Å²) in [6, 6.07) is -1.89. The van der Waals surface area contributed by atoms with Crippen molar-refractivity contribution < 1.29 is 27.5 Å². The van der Waals surface area contributed by atoms with Crippen molar-refractivity contribution in [3.63, 3.8) is 0 Å². The zero-order valence-corrected chi connectivity index (χ0v) is 11.6. The smallest absolute Gasteiger partial charge is 0.459 e. The van der Waals surface area contributed by atoms with Crippen molar-refractivity contribution in [1.82, 2.24) is 10.6 Å². The number of rotatable bonds is 2. The fourth-order valence-corrected chi connectivity index (χ4v) is 1.91. The molecule has 0 radical (unpaired) electrons. The number of ether oxygens (including phenoxy) is 1. The number of halogens is 3. The van der Waals surface area contributed by atoms with Crippen LogP contribution in [-0.4, -0.2) is 42.3 Å². The first-order valence-corrected chi connectivity index (χ1v) is 6.34. The van der Waals surface area contributed by atoms with Gasteiger partial charge in [-0.1, -0.05) is 0 Å². The Labute approximate surface area is 115 Å². The molecule has 1 amide bonds. The van der Waals surface area contributed by atoms with Gasteiger partial charge in [0.1, 0.15) is 11.6 Å². The number of carbonyl (C=O) groups is 2. The van der Waals surface area contributed by atoms with Gasteiger partial charge in [0, 0.05) is 0 Å². The molecule has 5 nitrogen and oxygen atoms in total. The van der Waals surface area contributed by atoms with E-state index >= 15 is 0 Å². The van der Waals surface area contributed by atoms with E-state index in [4.69, 9.17) is 4.74 Å². The van der Waals surface area contributed by atoms with Crippen molar-refractivity contribution >= 4 is 11.9 Å². The number of amides is 1. The van der Waals surface area contributed by atoms with Gasteiger partial charge in [-0.25, -0.2) is 0 Å². The van der Waals surface area contributed by atoms with Crippen molar-refractivity contribution in [3.8, 4) is 0 Å². The summed E-state index contributed by atoms with van der Waals surface area (Å²) in [4.78, 5) is 22.9. The van der Waals surface area contributed by atoms with Crippen molar-refractivity contribution in [2.45, 2.75) is 57.5 Å². The van der Waals surface area contributed by atoms with Gasteiger partial charge in [-0.15, -0.1) is 0 Å². The van der Waals surface area contributed by atoms with E-state index in [1.165, 1.54) is 0 Å².